The van der Waals surface area contributed by atoms with Crippen molar-refractivity contribution in [3.8, 4) is 0 Å². The Kier molecular flexibility index (Phi) is 2.95. The lowest BCUT2D eigenvalue weighted by atomic mass is 10.1. The van der Waals surface area contributed by atoms with Gasteiger partial charge in [-0.1, -0.05) is 35.6 Å². The van der Waals surface area contributed by atoms with Gasteiger partial charge in [-0.3, -0.25) is 0 Å². The van der Waals surface area contributed by atoms with Gasteiger partial charge in [-0.25, -0.2) is 0 Å². The van der Waals surface area contributed by atoms with Crippen LogP contribution in [0.5, 0.6) is 0 Å². The zero-order chi connectivity index (χ0) is 13.4. The van der Waals surface area contributed by atoms with Gasteiger partial charge in [0.05, 0.1) is 10.2 Å². The van der Waals surface area contributed by atoms with Crippen LogP contribution in [0.3, 0.4) is 0 Å². The van der Waals surface area contributed by atoms with Crippen molar-refractivity contribution in [2.24, 2.45) is 17.3 Å². The fourth-order valence-electron chi connectivity index (χ4n) is 2.05. The van der Waals surface area contributed by atoms with E-state index < -0.39 is 0 Å². The molecule has 4 heteroatoms. The first kappa shape index (κ1) is 12.1. The van der Waals surface area contributed by atoms with Gasteiger partial charge in [0.1, 0.15) is 0 Å². The summed E-state index contributed by atoms with van der Waals surface area (Å²) in [6.45, 7) is 3.90. The molecule has 96 valence electrons. The van der Waals surface area contributed by atoms with Crippen molar-refractivity contribution in [1.82, 2.24) is 4.57 Å². The highest BCUT2D eigenvalue weighted by atomic mass is 32.1. The Labute approximate surface area is 115 Å². The maximum absolute atomic E-state index is 4.30. The highest BCUT2D eigenvalue weighted by Crippen LogP contribution is 2.24. The van der Waals surface area contributed by atoms with Crippen LogP contribution in [0.1, 0.15) is 13.8 Å². The summed E-state index contributed by atoms with van der Waals surface area (Å²) >= 11 is 1.67. The number of aryl methyl sites for hydroxylation is 1. The molecule has 0 unspecified atom stereocenters. The third-order valence-electron chi connectivity index (χ3n) is 3.01. The number of aromatic nitrogens is 1. The van der Waals surface area contributed by atoms with Gasteiger partial charge in [-0.15, -0.1) is 5.10 Å². The van der Waals surface area contributed by atoms with E-state index in [4.69, 9.17) is 0 Å². The van der Waals surface area contributed by atoms with Crippen LogP contribution in [0.25, 0.3) is 21.0 Å². The fourth-order valence-corrected chi connectivity index (χ4v) is 3.05. The van der Waals surface area contributed by atoms with E-state index in [-0.39, 0.29) is 0 Å². The van der Waals surface area contributed by atoms with Crippen LogP contribution in [-0.4, -0.2) is 10.3 Å². The van der Waals surface area contributed by atoms with E-state index >= 15 is 0 Å². The normalized spacial score (nSPS) is 12.3. The molecule has 0 amide bonds. The number of thiazole rings is 1. The van der Waals surface area contributed by atoms with Crippen molar-refractivity contribution in [2.75, 3.05) is 0 Å². The van der Waals surface area contributed by atoms with Gasteiger partial charge in [-0.2, -0.15) is 5.10 Å². The van der Waals surface area contributed by atoms with Gasteiger partial charge >= 0.3 is 0 Å². The second-order valence-corrected chi connectivity index (χ2v) is 5.77. The van der Waals surface area contributed by atoms with Gasteiger partial charge in [0.15, 0.2) is 0 Å². The first-order chi connectivity index (χ1) is 9.15. The van der Waals surface area contributed by atoms with Crippen molar-refractivity contribution >= 4 is 38.0 Å². The Morgan fingerprint density at radius 1 is 1.11 bits per heavy atom. The number of hydrogen-bond acceptors (Lipinski definition) is 3. The molecular weight excluding hydrogens is 254 g/mol. The molecule has 1 aromatic heterocycles. The molecule has 1 heterocycles. The third kappa shape index (κ3) is 2.19. The van der Waals surface area contributed by atoms with E-state index in [0.29, 0.717) is 0 Å². The lowest BCUT2D eigenvalue weighted by molar-refractivity contribution is 0.888. The van der Waals surface area contributed by atoms with E-state index in [9.17, 15) is 0 Å². The van der Waals surface area contributed by atoms with Crippen LogP contribution in [0.2, 0.25) is 0 Å². The minimum Gasteiger partial charge on any atom is -0.318 e. The second-order valence-electron chi connectivity index (χ2n) is 4.76. The number of fused-ring (bicyclic) bond motifs is 2. The first-order valence-corrected chi connectivity index (χ1v) is 7.00. The SMILES string of the molecule is CC(C)=N/N=c1\sc2cc3ccccc3cc2n1C. The van der Waals surface area contributed by atoms with E-state index in [1.165, 1.54) is 21.0 Å². The number of benzene rings is 2. The van der Waals surface area contributed by atoms with Gasteiger partial charge < -0.3 is 4.57 Å². The predicted molar refractivity (Wildman–Crippen MR) is 82.6 cm³/mol. The lowest BCUT2D eigenvalue weighted by Crippen LogP contribution is -2.09. The summed E-state index contributed by atoms with van der Waals surface area (Å²) in [7, 11) is 2.03. The molecular formula is C15H15N3S. The minimum atomic E-state index is 0.923. The summed E-state index contributed by atoms with van der Waals surface area (Å²) in [6, 6.07) is 12.8. The summed E-state index contributed by atoms with van der Waals surface area (Å²) in [5.74, 6) is 0. The predicted octanol–water partition coefficient (Wildman–Crippen LogP) is 3.69. The van der Waals surface area contributed by atoms with E-state index in [0.717, 1.165) is 10.5 Å². The zero-order valence-electron chi connectivity index (χ0n) is 11.2. The first-order valence-electron chi connectivity index (χ1n) is 6.18. The smallest absolute Gasteiger partial charge is 0.211 e. The zero-order valence-corrected chi connectivity index (χ0v) is 12.0. The molecule has 0 aliphatic rings. The topological polar surface area (TPSA) is 29.6 Å². The van der Waals surface area contributed by atoms with Crippen molar-refractivity contribution in [2.45, 2.75) is 13.8 Å². The molecule has 0 bridgehead atoms. The standard InChI is InChI=1S/C15H15N3S/c1-10(2)16-17-15-18(3)13-8-11-6-4-5-7-12(11)9-14(13)19-15/h4-9H,1-3H3/b17-15-. The molecule has 0 saturated carbocycles. The van der Waals surface area contributed by atoms with E-state index in [1.54, 1.807) is 11.3 Å². The molecule has 19 heavy (non-hydrogen) atoms. The van der Waals surface area contributed by atoms with Gasteiger partial charge in [0.25, 0.3) is 0 Å². The molecule has 0 atom stereocenters. The number of rotatable bonds is 1. The molecule has 0 radical (unpaired) electrons. The van der Waals surface area contributed by atoms with Crippen LogP contribution >= 0.6 is 11.3 Å². The Bertz CT molecular complexity index is 849. The summed E-state index contributed by atoms with van der Waals surface area (Å²) in [5, 5.41) is 11.0. The Hall–Kier alpha value is -1.94. The molecule has 2 aromatic carbocycles. The quantitative estimate of drug-likeness (QED) is 0.476. The fraction of sp³-hybridized carbons (Fsp3) is 0.200. The Morgan fingerprint density at radius 3 is 2.47 bits per heavy atom. The molecule has 0 spiro atoms. The summed E-state index contributed by atoms with van der Waals surface area (Å²) < 4.78 is 3.34. The van der Waals surface area contributed by atoms with E-state index in [2.05, 4.69) is 51.2 Å². The van der Waals surface area contributed by atoms with Crippen molar-refractivity contribution < 1.29 is 0 Å². The summed E-state index contributed by atoms with van der Waals surface area (Å²) in [4.78, 5) is 0.923. The lowest BCUT2D eigenvalue weighted by Gasteiger charge is -1.99. The van der Waals surface area contributed by atoms with Crippen LogP contribution in [0.4, 0.5) is 0 Å². The molecule has 0 aliphatic heterocycles. The molecule has 3 rings (SSSR count). The van der Waals surface area contributed by atoms with Crippen LogP contribution in [-0.2, 0) is 7.05 Å². The average Bonchev–Trinajstić information content (AvgIpc) is 2.70. The maximum atomic E-state index is 4.30. The molecule has 3 nitrogen and oxygen atoms in total. The second kappa shape index (κ2) is 4.63. The van der Waals surface area contributed by atoms with Crippen molar-refractivity contribution in [3.05, 3.63) is 41.2 Å². The molecule has 0 fully saturated rings. The Balaban J connectivity index is 2.34. The maximum Gasteiger partial charge on any atom is 0.211 e. The summed E-state index contributed by atoms with van der Waals surface area (Å²) in [5.41, 5.74) is 2.16. The third-order valence-corrected chi connectivity index (χ3v) is 4.10. The van der Waals surface area contributed by atoms with Crippen molar-refractivity contribution in [1.29, 1.82) is 0 Å². The number of nitrogens with zero attached hydrogens (tertiary/aromatic N) is 3. The van der Waals surface area contributed by atoms with Crippen LogP contribution in [0, 0.1) is 0 Å². The van der Waals surface area contributed by atoms with Gasteiger partial charge in [0, 0.05) is 12.8 Å². The minimum absolute atomic E-state index is 0.923. The number of hydrogen-bond donors (Lipinski definition) is 0. The monoisotopic (exact) mass is 269 g/mol. The van der Waals surface area contributed by atoms with Gasteiger partial charge in [0.2, 0.25) is 4.80 Å². The molecule has 0 aliphatic carbocycles. The van der Waals surface area contributed by atoms with Crippen LogP contribution in [0.15, 0.2) is 46.6 Å². The van der Waals surface area contributed by atoms with E-state index in [1.807, 2.05) is 20.9 Å². The molecule has 3 aromatic rings. The van der Waals surface area contributed by atoms with Crippen molar-refractivity contribution in [3.63, 3.8) is 0 Å². The van der Waals surface area contributed by atoms with Crippen LogP contribution < -0.4 is 4.80 Å². The molecule has 0 N–H and O–H groups in total. The largest absolute Gasteiger partial charge is 0.318 e. The average molecular weight is 269 g/mol. The summed E-state index contributed by atoms with van der Waals surface area (Å²) in [6.07, 6.45) is 0. The Morgan fingerprint density at radius 2 is 1.79 bits per heavy atom. The molecule has 0 saturated heterocycles. The highest BCUT2D eigenvalue weighted by molar-refractivity contribution is 7.16. The van der Waals surface area contributed by atoms with Gasteiger partial charge in [-0.05, 0) is 36.8 Å². The highest BCUT2D eigenvalue weighted by Gasteiger charge is 2.04.